The van der Waals surface area contributed by atoms with Gasteiger partial charge in [-0.1, -0.05) is 6.07 Å². The van der Waals surface area contributed by atoms with E-state index in [2.05, 4.69) is 13.5 Å². The van der Waals surface area contributed by atoms with Crippen molar-refractivity contribution in [3.05, 3.63) is 17.7 Å². The molecule has 2 atom stereocenters. The SMILES string of the molecule is Cc1ccc2nsnc2c1S(=O)(=O)N[C@@H]1CC[C@@H](N)C1.Cl. The average molecular weight is 349 g/mol. The zero-order valence-electron chi connectivity index (χ0n) is 11.4. The smallest absolute Gasteiger partial charge is 0.243 e. The van der Waals surface area contributed by atoms with Crippen LogP contribution in [-0.4, -0.2) is 29.2 Å². The third-order valence-corrected chi connectivity index (χ3v) is 5.88. The fourth-order valence-corrected chi connectivity index (χ4v) is 4.94. The van der Waals surface area contributed by atoms with Gasteiger partial charge >= 0.3 is 0 Å². The van der Waals surface area contributed by atoms with E-state index >= 15 is 0 Å². The largest absolute Gasteiger partial charge is 0.328 e. The molecule has 0 unspecified atom stereocenters. The van der Waals surface area contributed by atoms with Gasteiger partial charge in [0.05, 0.1) is 11.7 Å². The van der Waals surface area contributed by atoms with Crippen LogP contribution in [0.2, 0.25) is 0 Å². The van der Waals surface area contributed by atoms with Crippen molar-refractivity contribution >= 4 is 45.2 Å². The van der Waals surface area contributed by atoms with Crippen LogP contribution in [0.15, 0.2) is 17.0 Å². The topological polar surface area (TPSA) is 98.0 Å². The van der Waals surface area contributed by atoms with E-state index < -0.39 is 10.0 Å². The molecule has 0 radical (unpaired) electrons. The lowest BCUT2D eigenvalue weighted by Crippen LogP contribution is -2.34. The first-order valence-corrected chi connectivity index (χ1v) is 8.68. The minimum atomic E-state index is -3.60. The summed E-state index contributed by atoms with van der Waals surface area (Å²) < 4.78 is 36.2. The van der Waals surface area contributed by atoms with E-state index in [0.29, 0.717) is 23.0 Å². The Balaban J connectivity index is 0.00000161. The van der Waals surface area contributed by atoms with Crippen molar-refractivity contribution in [1.29, 1.82) is 0 Å². The second kappa shape index (κ2) is 6.13. The van der Waals surface area contributed by atoms with E-state index in [1.807, 2.05) is 0 Å². The summed E-state index contributed by atoms with van der Waals surface area (Å²) >= 11 is 1.02. The number of sulfonamides is 1. The monoisotopic (exact) mass is 348 g/mol. The Morgan fingerprint density at radius 3 is 2.76 bits per heavy atom. The van der Waals surface area contributed by atoms with Gasteiger partial charge in [0.2, 0.25) is 10.0 Å². The van der Waals surface area contributed by atoms with Gasteiger partial charge in [0, 0.05) is 12.1 Å². The molecular weight excluding hydrogens is 332 g/mol. The molecule has 0 bridgehead atoms. The summed E-state index contributed by atoms with van der Waals surface area (Å²) in [6, 6.07) is 3.55. The molecule has 1 aliphatic rings. The average Bonchev–Trinajstić information content (AvgIpc) is 2.96. The van der Waals surface area contributed by atoms with Crippen LogP contribution >= 0.6 is 24.1 Å². The molecule has 3 rings (SSSR count). The van der Waals surface area contributed by atoms with Crippen LogP contribution in [-0.2, 0) is 10.0 Å². The number of hydrogen-bond acceptors (Lipinski definition) is 6. The molecule has 0 amide bonds. The lowest BCUT2D eigenvalue weighted by atomic mass is 10.2. The molecule has 1 heterocycles. The Kier molecular flexibility index (Phi) is 4.84. The first kappa shape index (κ1) is 16.6. The van der Waals surface area contributed by atoms with Gasteiger partial charge in [-0.2, -0.15) is 8.75 Å². The van der Waals surface area contributed by atoms with Gasteiger partial charge in [-0.05, 0) is 37.8 Å². The minimum absolute atomic E-state index is 0. The summed E-state index contributed by atoms with van der Waals surface area (Å²) in [6.07, 6.45) is 2.32. The van der Waals surface area contributed by atoms with E-state index in [1.165, 1.54) is 0 Å². The summed E-state index contributed by atoms with van der Waals surface area (Å²) in [5.41, 5.74) is 7.58. The van der Waals surface area contributed by atoms with Gasteiger partial charge in [-0.25, -0.2) is 13.1 Å². The highest BCUT2D eigenvalue weighted by molar-refractivity contribution is 7.89. The quantitative estimate of drug-likeness (QED) is 0.877. The molecule has 116 valence electrons. The van der Waals surface area contributed by atoms with E-state index in [1.54, 1.807) is 19.1 Å². The zero-order valence-corrected chi connectivity index (χ0v) is 13.9. The molecule has 3 N–H and O–H groups in total. The van der Waals surface area contributed by atoms with Crippen molar-refractivity contribution in [2.45, 2.75) is 43.2 Å². The highest BCUT2D eigenvalue weighted by Gasteiger charge is 2.29. The van der Waals surface area contributed by atoms with Gasteiger partial charge in [0.1, 0.15) is 15.9 Å². The Morgan fingerprint density at radius 1 is 1.33 bits per heavy atom. The van der Waals surface area contributed by atoms with Gasteiger partial charge in [-0.3, -0.25) is 0 Å². The highest BCUT2D eigenvalue weighted by atomic mass is 35.5. The fourth-order valence-electron chi connectivity index (χ4n) is 2.67. The van der Waals surface area contributed by atoms with Crippen LogP contribution in [0.5, 0.6) is 0 Å². The van der Waals surface area contributed by atoms with Gasteiger partial charge in [0.25, 0.3) is 0 Å². The second-order valence-electron chi connectivity index (χ2n) is 5.23. The number of nitrogens with zero attached hydrogens (tertiary/aromatic N) is 2. The molecule has 1 aromatic heterocycles. The summed E-state index contributed by atoms with van der Waals surface area (Å²) in [5, 5.41) is 0. The van der Waals surface area contributed by atoms with Crippen molar-refractivity contribution in [1.82, 2.24) is 13.5 Å². The lowest BCUT2D eigenvalue weighted by molar-refractivity contribution is 0.549. The molecule has 9 heteroatoms. The number of aromatic nitrogens is 2. The predicted molar refractivity (Wildman–Crippen MR) is 85.3 cm³/mol. The first-order valence-electron chi connectivity index (χ1n) is 6.47. The zero-order chi connectivity index (χ0) is 14.3. The highest BCUT2D eigenvalue weighted by Crippen LogP contribution is 2.27. The molecule has 1 aliphatic carbocycles. The minimum Gasteiger partial charge on any atom is -0.328 e. The maximum atomic E-state index is 12.6. The third kappa shape index (κ3) is 3.19. The summed E-state index contributed by atoms with van der Waals surface area (Å²) in [6.45, 7) is 1.77. The number of hydrogen-bond donors (Lipinski definition) is 2. The predicted octanol–water partition coefficient (Wildman–Crippen LogP) is 1.58. The van der Waals surface area contributed by atoms with Crippen LogP contribution in [0.3, 0.4) is 0 Å². The Labute approximate surface area is 133 Å². The van der Waals surface area contributed by atoms with Crippen LogP contribution < -0.4 is 10.5 Å². The van der Waals surface area contributed by atoms with E-state index in [-0.39, 0.29) is 29.4 Å². The van der Waals surface area contributed by atoms with Crippen molar-refractivity contribution in [2.75, 3.05) is 0 Å². The van der Waals surface area contributed by atoms with Crippen LogP contribution in [0.1, 0.15) is 24.8 Å². The summed E-state index contributed by atoms with van der Waals surface area (Å²) in [4.78, 5) is 0.240. The molecule has 6 nitrogen and oxygen atoms in total. The van der Waals surface area contributed by atoms with Gasteiger partial charge in [0.15, 0.2) is 0 Å². The Bertz CT molecular complexity index is 747. The van der Waals surface area contributed by atoms with Crippen LogP contribution in [0, 0.1) is 6.92 Å². The summed E-state index contributed by atoms with van der Waals surface area (Å²) in [7, 11) is -3.60. The standard InChI is InChI=1S/C12H16N4O2S2.ClH/c1-7-2-5-10-11(15-19-14-10)12(7)20(17,18)16-9-4-3-8(13)6-9;/h2,5,8-9,16H,3-4,6,13H2,1H3;1H/t8-,9-;/m1./s1. The normalized spacial score (nSPS) is 22.4. The maximum absolute atomic E-state index is 12.6. The lowest BCUT2D eigenvalue weighted by Gasteiger charge is -2.14. The van der Waals surface area contributed by atoms with Crippen molar-refractivity contribution in [3.63, 3.8) is 0 Å². The number of aryl methyl sites for hydroxylation is 1. The number of benzene rings is 1. The van der Waals surface area contributed by atoms with E-state index in [9.17, 15) is 8.42 Å². The molecule has 1 saturated carbocycles. The number of fused-ring (bicyclic) bond motifs is 1. The Hall–Kier alpha value is -0.800. The van der Waals surface area contributed by atoms with Crippen molar-refractivity contribution < 1.29 is 8.42 Å². The second-order valence-corrected chi connectivity index (χ2v) is 7.41. The maximum Gasteiger partial charge on any atom is 0.243 e. The summed E-state index contributed by atoms with van der Waals surface area (Å²) in [5.74, 6) is 0. The number of nitrogens with one attached hydrogen (secondary N) is 1. The molecule has 21 heavy (non-hydrogen) atoms. The van der Waals surface area contributed by atoms with Crippen molar-refractivity contribution in [2.24, 2.45) is 5.73 Å². The molecule has 0 aliphatic heterocycles. The third-order valence-electron chi connectivity index (χ3n) is 3.64. The number of rotatable bonds is 3. The molecule has 0 spiro atoms. The molecule has 0 saturated heterocycles. The van der Waals surface area contributed by atoms with Crippen LogP contribution in [0.4, 0.5) is 0 Å². The molecule has 2 aromatic rings. The molecule has 1 fully saturated rings. The molecule has 1 aromatic carbocycles. The number of halogens is 1. The molecular formula is C12H17ClN4O2S2. The van der Waals surface area contributed by atoms with Crippen LogP contribution in [0.25, 0.3) is 11.0 Å². The Morgan fingerprint density at radius 2 is 2.10 bits per heavy atom. The van der Waals surface area contributed by atoms with E-state index in [0.717, 1.165) is 24.6 Å². The number of nitrogens with two attached hydrogens (primary N) is 1. The first-order chi connectivity index (χ1) is 9.47. The van der Waals surface area contributed by atoms with Gasteiger partial charge in [-0.15, -0.1) is 12.4 Å². The fraction of sp³-hybridized carbons (Fsp3) is 0.500. The van der Waals surface area contributed by atoms with E-state index in [4.69, 9.17) is 5.73 Å². The van der Waals surface area contributed by atoms with Crippen molar-refractivity contribution in [3.8, 4) is 0 Å². The van der Waals surface area contributed by atoms with Gasteiger partial charge < -0.3 is 5.73 Å².